The zero-order valence-corrected chi connectivity index (χ0v) is 17.4. The molecule has 7 heteroatoms. The second kappa shape index (κ2) is 8.96. The van der Waals surface area contributed by atoms with Crippen molar-refractivity contribution >= 4 is 27.4 Å². The molecule has 6 nitrogen and oxygen atoms in total. The maximum atomic E-state index is 5.48. The number of morpholine rings is 1. The van der Waals surface area contributed by atoms with E-state index < -0.39 is 0 Å². The number of ether oxygens (including phenoxy) is 1. The average Bonchev–Trinajstić information content (AvgIpc) is 3.13. The van der Waals surface area contributed by atoms with Crippen molar-refractivity contribution < 1.29 is 14.5 Å². The molecule has 0 bridgehead atoms. The third kappa shape index (κ3) is 4.50. The van der Waals surface area contributed by atoms with Gasteiger partial charge in [0.2, 0.25) is 0 Å². The van der Waals surface area contributed by atoms with Crippen molar-refractivity contribution in [2.75, 3.05) is 58.8 Å². The van der Waals surface area contributed by atoms with Gasteiger partial charge in [-0.15, -0.1) is 11.3 Å². The summed E-state index contributed by atoms with van der Waals surface area (Å²) >= 11 is 1.71. The summed E-state index contributed by atoms with van der Waals surface area (Å²) in [6.45, 7) is 6.48. The molecular formula is C21H29N5OS+2. The van der Waals surface area contributed by atoms with E-state index in [2.05, 4.69) is 55.1 Å². The second-order valence-electron chi connectivity index (χ2n) is 7.61. The monoisotopic (exact) mass is 399 g/mol. The van der Waals surface area contributed by atoms with Gasteiger partial charge in [-0.2, -0.15) is 0 Å². The molecule has 0 aliphatic carbocycles. The summed E-state index contributed by atoms with van der Waals surface area (Å²) in [7, 11) is 4.34. The number of nitrogens with zero attached hydrogens (tertiary/aromatic N) is 2. The summed E-state index contributed by atoms with van der Waals surface area (Å²) in [5, 5.41) is 6.95. The first-order valence-electron chi connectivity index (χ1n) is 9.98. The van der Waals surface area contributed by atoms with Crippen LogP contribution in [-0.2, 0) is 11.3 Å². The maximum Gasteiger partial charge on any atom is 0.187 e. The van der Waals surface area contributed by atoms with Crippen LogP contribution < -0.4 is 15.1 Å². The van der Waals surface area contributed by atoms with Crippen LogP contribution in [0.15, 0.2) is 35.7 Å². The first kappa shape index (κ1) is 19.3. The van der Waals surface area contributed by atoms with Crippen LogP contribution in [0.3, 0.4) is 0 Å². The molecule has 0 radical (unpaired) electrons. The first-order valence-corrected chi connectivity index (χ1v) is 10.9. The summed E-state index contributed by atoms with van der Waals surface area (Å²) in [6.07, 6.45) is 0. The van der Waals surface area contributed by atoms with Gasteiger partial charge in [0, 0.05) is 10.9 Å². The van der Waals surface area contributed by atoms with Crippen molar-refractivity contribution in [3.05, 3.63) is 41.5 Å². The summed E-state index contributed by atoms with van der Waals surface area (Å²) in [4.78, 5) is 13.9. The molecule has 3 heterocycles. The fourth-order valence-electron chi connectivity index (χ4n) is 3.51. The molecule has 0 spiro atoms. The average molecular weight is 400 g/mol. The Morgan fingerprint density at radius 3 is 2.68 bits per heavy atom. The van der Waals surface area contributed by atoms with Crippen LogP contribution in [0, 0.1) is 0 Å². The van der Waals surface area contributed by atoms with Crippen LogP contribution in [0.1, 0.15) is 5.82 Å². The molecule has 1 aromatic carbocycles. The zero-order valence-electron chi connectivity index (χ0n) is 16.6. The smallest absolute Gasteiger partial charge is 0.187 e. The number of benzene rings is 1. The van der Waals surface area contributed by atoms with Crippen molar-refractivity contribution in [2.24, 2.45) is 0 Å². The number of thiophene rings is 1. The van der Waals surface area contributed by atoms with E-state index in [1.54, 1.807) is 11.3 Å². The number of likely N-dealkylation sites (N-methyl/N-ethyl adjacent to an activating group) is 1. The minimum absolute atomic E-state index is 0.825. The minimum Gasteiger partial charge on any atom is -0.370 e. The van der Waals surface area contributed by atoms with E-state index in [4.69, 9.17) is 14.7 Å². The van der Waals surface area contributed by atoms with Gasteiger partial charge in [-0.1, -0.05) is 30.3 Å². The van der Waals surface area contributed by atoms with Crippen LogP contribution in [-0.4, -0.2) is 63.5 Å². The number of hydrogen-bond donors (Lipinski definition) is 3. The Morgan fingerprint density at radius 2 is 1.93 bits per heavy atom. The van der Waals surface area contributed by atoms with E-state index in [0.29, 0.717) is 0 Å². The lowest BCUT2D eigenvalue weighted by atomic mass is 10.1. The van der Waals surface area contributed by atoms with Gasteiger partial charge in [-0.3, -0.25) is 0 Å². The number of nitrogens with one attached hydrogen (secondary N) is 3. The number of quaternary nitrogens is 2. The maximum absolute atomic E-state index is 5.48. The Morgan fingerprint density at radius 1 is 1.14 bits per heavy atom. The fraction of sp³-hybridized carbons (Fsp3) is 0.429. The molecule has 1 aliphatic heterocycles. The van der Waals surface area contributed by atoms with Gasteiger partial charge in [0.15, 0.2) is 5.82 Å². The highest BCUT2D eigenvalue weighted by Gasteiger charge is 2.20. The molecule has 148 valence electrons. The Labute approximate surface area is 170 Å². The molecule has 28 heavy (non-hydrogen) atoms. The Hall–Kier alpha value is -2.06. The summed E-state index contributed by atoms with van der Waals surface area (Å²) in [6, 6.07) is 10.5. The van der Waals surface area contributed by atoms with Crippen molar-refractivity contribution in [3.8, 4) is 11.1 Å². The molecule has 0 unspecified atom stereocenters. The first-order chi connectivity index (χ1) is 13.7. The lowest BCUT2D eigenvalue weighted by Gasteiger charge is -2.23. The van der Waals surface area contributed by atoms with Crippen molar-refractivity contribution in [3.63, 3.8) is 0 Å². The SMILES string of the molecule is C[NH+](C)CCNc1nc(C[NH+]2CCOCC2)nc2scc(-c3ccccc3)c12. The lowest BCUT2D eigenvalue weighted by molar-refractivity contribution is -0.922. The van der Waals surface area contributed by atoms with Crippen LogP contribution in [0.4, 0.5) is 5.82 Å². The largest absolute Gasteiger partial charge is 0.370 e. The number of hydrogen-bond acceptors (Lipinski definition) is 5. The number of anilines is 1. The molecule has 1 fully saturated rings. The van der Waals surface area contributed by atoms with Gasteiger partial charge in [0.25, 0.3) is 0 Å². The van der Waals surface area contributed by atoms with E-state index >= 15 is 0 Å². The Kier molecular flexibility index (Phi) is 6.17. The molecular weight excluding hydrogens is 370 g/mol. The highest BCUT2D eigenvalue weighted by Crippen LogP contribution is 2.36. The van der Waals surface area contributed by atoms with Crippen LogP contribution in [0.5, 0.6) is 0 Å². The van der Waals surface area contributed by atoms with Crippen LogP contribution in [0.2, 0.25) is 0 Å². The fourth-order valence-corrected chi connectivity index (χ4v) is 4.48. The van der Waals surface area contributed by atoms with E-state index in [1.165, 1.54) is 20.9 Å². The summed E-state index contributed by atoms with van der Waals surface area (Å²) in [5.74, 6) is 1.89. The number of aromatic nitrogens is 2. The molecule has 4 rings (SSSR count). The van der Waals surface area contributed by atoms with Crippen molar-refractivity contribution in [1.29, 1.82) is 0 Å². The summed E-state index contributed by atoms with van der Waals surface area (Å²) < 4.78 is 5.48. The molecule has 0 saturated carbocycles. The van der Waals surface area contributed by atoms with Gasteiger partial charge in [-0.25, -0.2) is 9.97 Å². The molecule has 2 aromatic heterocycles. The van der Waals surface area contributed by atoms with Crippen LogP contribution >= 0.6 is 11.3 Å². The summed E-state index contributed by atoms with van der Waals surface area (Å²) in [5.41, 5.74) is 2.43. The van der Waals surface area contributed by atoms with Crippen molar-refractivity contribution in [2.45, 2.75) is 6.54 Å². The van der Waals surface area contributed by atoms with E-state index in [9.17, 15) is 0 Å². The Balaban J connectivity index is 1.69. The molecule has 0 atom stereocenters. The van der Waals surface area contributed by atoms with Crippen molar-refractivity contribution in [1.82, 2.24) is 9.97 Å². The predicted octanol–water partition coefficient (Wildman–Crippen LogP) is 0.330. The molecule has 3 N–H and O–H groups in total. The normalized spacial score (nSPS) is 15.4. The Bertz CT molecular complexity index is 906. The molecule has 3 aromatic rings. The quantitative estimate of drug-likeness (QED) is 0.536. The van der Waals surface area contributed by atoms with E-state index in [-0.39, 0.29) is 0 Å². The zero-order chi connectivity index (χ0) is 19.3. The van der Waals surface area contributed by atoms with E-state index in [0.717, 1.165) is 67.8 Å². The lowest BCUT2D eigenvalue weighted by Crippen LogP contribution is -3.12. The number of fused-ring (bicyclic) bond motifs is 1. The third-order valence-corrected chi connectivity index (χ3v) is 5.96. The van der Waals surface area contributed by atoms with Gasteiger partial charge >= 0.3 is 0 Å². The topological polar surface area (TPSA) is 55.9 Å². The van der Waals surface area contributed by atoms with Gasteiger partial charge in [0.1, 0.15) is 30.3 Å². The molecule has 1 aliphatic rings. The van der Waals surface area contributed by atoms with Gasteiger partial charge in [-0.05, 0) is 5.56 Å². The van der Waals surface area contributed by atoms with Crippen LogP contribution in [0.25, 0.3) is 21.3 Å². The van der Waals surface area contributed by atoms with Gasteiger partial charge in [0.05, 0.1) is 45.8 Å². The third-order valence-electron chi connectivity index (χ3n) is 5.09. The number of rotatable bonds is 7. The second-order valence-corrected chi connectivity index (χ2v) is 8.47. The molecule has 0 amide bonds. The minimum atomic E-state index is 0.825. The van der Waals surface area contributed by atoms with E-state index in [1.807, 2.05) is 0 Å². The highest BCUT2D eigenvalue weighted by atomic mass is 32.1. The standard InChI is InChI=1S/C21H27N5OS/c1-25(2)9-8-22-20-19-17(16-6-4-3-5-7-16)15-28-21(19)24-18(23-20)14-26-10-12-27-13-11-26/h3-7,15H,8-14H2,1-2H3,(H,22,23,24)/p+2. The predicted molar refractivity (Wildman–Crippen MR) is 114 cm³/mol. The highest BCUT2D eigenvalue weighted by molar-refractivity contribution is 7.17. The molecule has 1 saturated heterocycles. The van der Waals surface area contributed by atoms with Gasteiger partial charge < -0.3 is 19.9 Å².